The highest BCUT2D eigenvalue weighted by molar-refractivity contribution is 8.00. The first-order valence-corrected chi connectivity index (χ1v) is 10.6. The van der Waals surface area contributed by atoms with E-state index in [9.17, 15) is 9.18 Å². The summed E-state index contributed by atoms with van der Waals surface area (Å²) in [6, 6.07) is 6.15. The van der Waals surface area contributed by atoms with Crippen molar-refractivity contribution in [1.29, 1.82) is 0 Å². The Labute approximate surface area is 168 Å². The average molecular weight is 422 g/mol. The van der Waals surface area contributed by atoms with E-state index in [4.69, 9.17) is 0 Å². The van der Waals surface area contributed by atoms with Gasteiger partial charge < -0.3 is 5.32 Å². The van der Waals surface area contributed by atoms with Crippen LogP contribution in [0, 0.1) is 5.82 Å². The summed E-state index contributed by atoms with van der Waals surface area (Å²) in [5.74, 6) is -0.182. The smallest absolute Gasteiger partial charge is 0.230 e. The fraction of sp³-hybridized carbons (Fsp3) is 0.176. The fourth-order valence-corrected chi connectivity index (χ4v) is 4.78. The summed E-state index contributed by atoms with van der Waals surface area (Å²) in [6.07, 6.45) is 1.75. The van der Waals surface area contributed by atoms with Crippen LogP contribution in [0.15, 0.2) is 46.6 Å². The molecule has 0 spiro atoms. The largest absolute Gasteiger partial charge is 0.357 e. The molecule has 0 bridgehead atoms. The van der Waals surface area contributed by atoms with Crippen molar-refractivity contribution in [2.75, 3.05) is 16.8 Å². The van der Waals surface area contributed by atoms with Crippen molar-refractivity contribution in [3.8, 4) is 0 Å². The molecule has 0 saturated carbocycles. The number of thiazole rings is 1. The van der Waals surface area contributed by atoms with Crippen molar-refractivity contribution in [2.45, 2.75) is 17.0 Å². The molecule has 0 radical (unpaired) electrons. The van der Waals surface area contributed by atoms with Gasteiger partial charge in [-0.15, -0.1) is 28.1 Å². The molecule has 3 aromatic rings. The van der Waals surface area contributed by atoms with Gasteiger partial charge in [0, 0.05) is 24.6 Å². The van der Waals surface area contributed by atoms with E-state index in [1.807, 2.05) is 5.38 Å². The normalized spacial score (nSPS) is 10.6. The van der Waals surface area contributed by atoms with Crippen LogP contribution in [0.1, 0.15) is 12.6 Å². The number of carbonyl (C=O) groups excluding carboxylic acids is 1. The molecule has 140 valence electrons. The first-order chi connectivity index (χ1) is 13.1. The number of para-hydroxylation sites is 1. The third kappa shape index (κ3) is 4.90. The standard InChI is InChI=1S/C17H16FN5OS3/c1-3-8-19-15-21-22-17(27-15)26-10-12-9-25-16(20-12)23(11(2)24)14-7-5-4-6-13(14)18/h3-7,9H,1,8,10H2,2H3,(H,19,21). The van der Waals surface area contributed by atoms with Gasteiger partial charge in [-0.05, 0) is 12.1 Å². The number of rotatable bonds is 8. The number of anilines is 3. The molecule has 0 aliphatic heterocycles. The van der Waals surface area contributed by atoms with Crippen molar-refractivity contribution in [3.05, 3.63) is 53.8 Å². The molecular weight excluding hydrogens is 405 g/mol. The van der Waals surface area contributed by atoms with Crippen LogP contribution in [0.25, 0.3) is 0 Å². The molecule has 0 aliphatic carbocycles. The zero-order chi connectivity index (χ0) is 19.2. The Hall–Kier alpha value is -2.30. The third-order valence-electron chi connectivity index (χ3n) is 3.29. The lowest BCUT2D eigenvalue weighted by atomic mass is 10.3. The van der Waals surface area contributed by atoms with Gasteiger partial charge in [0.25, 0.3) is 0 Å². The fourth-order valence-electron chi connectivity index (χ4n) is 2.14. The first-order valence-electron chi connectivity index (χ1n) is 7.89. The summed E-state index contributed by atoms with van der Waals surface area (Å²) in [7, 11) is 0. The third-order valence-corrected chi connectivity index (χ3v) is 6.21. The number of hydrogen-bond acceptors (Lipinski definition) is 8. The molecule has 0 fully saturated rings. The van der Waals surface area contributed by atoms with Gasteiger partial charge in [0.05, 0.1) is 11.4 Å². The van der Waals surface area contributed by atoms with Gasteiger partial charge in [0.1, 0.15) is 5.82 Å². The van der Waals surface area contributed by atoms with Crippen molar-refractivity contribution < 1.29 is 9.18 Å². The number of benzene rings is 1. The number of nitrogens with one attached hydrogen (secondary N) is 1. The molecule has 27 heavy (non-hydrogen) atoms. The van der Waals surface area contributed by atoms with Crippen molar-refractivity contribution >= 4 is 56.3 Å². The van der Waals surface area contributed by atoms with E-state index in [0.29, 0.717) is 17.4 Å². The molecule has 1 aromatic carbocycles. The Morgan fingerprint density at radius 3 is 2.96 bits per heavy atom. The van der Waals surface area contributed by atoms with E-state index in [1.165, 1.54) is 52.3 Å². The molecule has 0 unspecified atom stereocenters. The maximum atomic E-state index is 14.1. The molecule has 2 aromatic heterocycles. The number of carbonyl (C=O) groups is 1. The summed E-state index contributed by atoms with van der Waals surface area (Å²) >= 11 is 4.26. The SMILES string of the molecule is C=CCNc1nnc(SCc2csc(N(C(C)=O)c3ccccc3F)n2)s1. The van der Waals surface area contributed by atoms with Crippen LogP contribution in [-0.4, -0.2) is 27.6 Å². The predicted octanol–water partition coefficient (Wildman–Crippen LogP) is 4.71. The number of thioether (sulfide) groups is 1. The van der Waals surface area contributed by atoms with Gasteiger partial charge in [-0.3, -0.25) is 9.69 Å². The second-order valence-electron chi connectivity index (χ2n) is 5.26. The minimum atomic E-state index is -0.466. The zero-order valence-electron chi connectivity index (χ0n) is 14.4. The lowest BCUT2D eigenvalue weighted by Gasteiger charge is -2.18. The molecule has 1 amide bonds. The monoisotopic (exact) mass is 421 g/mol. The average Bonchev–Trinajstić information content (AvgIpc) is 3.29. The Bertz CT molecular complexity index is 942. The van der Waals surface area contributed by atoms with Crippen molar-refractivity contribution in [1.82, 2.24) is 15.2 Å². The maximum absolute atomic E-state index is 14.1. The molecule has 0 aliphatic rings. The Kier molecular flexibility index (Phi) is 6.54. The van der Waals surface area contributed by atoms with Crippen LogP contribution in [0.4, 0.5) is 20.3 Å². The molecule has 6 nitrogen and oxygen atoms in total. The van der Waals surface area contributed by atoms with E-state index in [2.05, 4.69) is 27.1 Å². The highest BCUT2D eigenvalue weighted by Gasteiger charge is 2.21. The Balaban J connectivity index is 1.70. The number of amides is 1. The Morgan fingerprint density at radius 2 is 2.22 bits per heavy atom. The van der Waals surface area contributed by atoms with Crippen LogP contribution < -0.4 is 10.2 Å². The van der Waals surface area contributed by atoms with Gasteiger partial charge >= 0.3 is 0 Å². The minimum absolute atomic E-state index is 0.195. The topological polar surface area (TPSA) is 71.0 Å². The van der Waals surface area contributed by atoms with E-state index < -0.39 is 5.82 Å². The highest BCUT2D eigenvalue weighted by Crippen LogP contribution is 2.33. The molecular formula is C17H16FN5OS3. The second-order valence-corrected chi connectivity index (χ2v) is 8.30. The first kappa shape index (κ1) is 19.5. The van der Waals surface area contributed by atoms with Crippen LogP contribution in [0.2, 0.25) is 0 Å². The summed E-state index contributed by atoms with van der Waals surface area (Å²) in [6.45, 7) is 5.67. The summed E-state index contributed by atoms with van der Waals surface area (Å²) in [5.41, 5.74) is 0.985. The number of aromatic nitrogens is 3. The quantitative estimate of drug-likeness (QED) is 0.420. The van der Waals surface area contributed by atoms with E-state index in [-0.39, 0.29) is 11.6 Å². The zero-order valence-corrected chi connectivity index (χ0v) is 16.8. The van der Waals surface area contributed by atoms with Crippen molar-refractivity contribution in [2.24, 2.45) is 0 Å². The second kappa shape index (κ2) is 9.07. The van der Waals surface area contributed by atoms with E-state index >= 15 is 0 Å². The number of hydrogen-bond donors (Lipinski definition) is 1. The predicted molar refractivity (Wildman–Crippen MR) is 109 cm³/mol. The van der Waals surface area contributed by atoms with Crippen molar-refractivity contribution in [3.63, 3.8) is 0 Å². The van der Waals surface area contributed by atoms with Crippen LogP contribution in [0.5, 0.6) is 0 Å². The number of nitrogens with zero attached hydrogens (tertiary/aromatic N) is 4. The molecule has 10 heteroatoms. The van der Waals surface area contributed by atoms with E-state index in [0.717, 1.165) is 15.2 Å². The minimum Gasteiger partial charge on any atom is -0.357 e. The van der Waals surface area contributed by atoms with Gasteiger partial charge in [-0.1, -0.05) is 41.3 Å². The molecule has 0 atom stereocenters. The van der Waals surface area contributed by atoms with Gasteiger partial charge in [0.2, 0.25) is 11.0 Å². The molecule has 0 saturated heterocycles. The van der Waals surface area contributed by atoms with Crippen LogP contribution in [0.3, 0.4) is 0 Å². The molecule has 1 N–H and O–H groups in total. The van der Waals surface area contributed by atoms with Gasteiger partial charge in [-0.25, -0.2) is 9.37 Å². The summed E-state index contributed by atoms with van der Waals surface area (Å²) < 4.78 is 14.9. The summed E-state index contributed by atoms with van der Waals surface area (Å²) in [5, 5.41) is 14.3. The lowest BCUT2D eigenvalue weighted by molar-refractivity contribution is -0.115. The Morgan fingerprint density at radius 1 is 1.41 bits per heavy atom. The lowest BCUT2D eigenvalue weighted by Crippen LogP contribution is -2.23. The maximum Gasteiger partial charge on any atom is 0.230 e. The van der Waals surface area contributed by atoms with E-state index in [1.54, 1.807) is 24.3 Å². The van der Waals surface area contributed by atoms with Crippen LogP contribution in [-0.2, 0) is 10.5 Å². The highest BCUT2D eigenvalue weighted by atomic mass is 32.2. The van der Waals surface area contributed by atoms with Gasteiger partial charge in [-0.2, -0.15) is 0 Å². The van der Waals surface area contributed by atoms with Gasteiger partial charge in [0.15, 0.2) is 9.47 Å². The summed E-state index contributed by atoms with van der Waals surface area (Å²) in [4.78, 5) is 17.8. The molecule has 3 rings (SSSR count). The van der Waals surface area contributed by atoms with Crippen LogP contribution >= 0.6 is 34.4 Å². The molecule has 2 heterocycles. The number of halogens is 1.